The molecule has 0 aromatic heterocycles. The van der Waals surface area contributed by atoms with Crippen molar-refractivity contribution in [3.8, 4) is 5.75 Å². The molecule has 0 saturated carbocycles. The van der Waals surface area contributed by atoms with Gasteiger partial charge in [0.05, 0.1) is 0 Å². The molecule has 1 aromatic rings. The monoisotopic (exact) mass is 243 g/mol. The van der Waals surface area contributed by atoms with E-state index in [9.17, 15) is 4.79 Å². The lowest BCUT2D eigenvalue weighted by Crippen LogP contribution is -2.19. The second-order valence-electron chi connectivity index (χ2n) is 3.50. The highest BCUT2D eigenvalue weighted by molar-refractivity contribution is 5.72. The molecule has 0 spiro atoms. The Morgan fingerprint density at radius 2 is 1.94 bits per heavy atom. The highest BCUT2D eigenvalue weighted by atomic mass is 16.6. The molecule has 0 amide bonds. The van der Waals surface area contributed by atoms with Gasteiger partial charge in [-0.2, -0.15) is 0 Å². The third kappa shape index (κ3) is 3.83. The molecule has 1 aliphatic rings. The summed E-state index contributed by atoms with van der Waals surface area (Å²) in [6.07, 6.45) is 8.75. The number of carbonyl (C=O) groups excluding carboxylic acids is 1. The van der Waals surface area contributed by atoms with Crippen LogP contribution in [0.25, 0.3) is 0 Å². The Morgan fingerprint density at radius 1 is 1.11 bits per heavy atom. The van der Waals surface area contributed by atoms with Crippen LogP contribution in [0, 0.1) is 0 Å². The fraction of sp³-hybridized carbons (Fsp3) is 0.0714. The summed E-state index contributed by atoms with van der Waals surface area (Å²) in [4.78, 5) is 11.5. The van der Waals surface area contributed by atoms with E-state index in [1.807, 2.05) is 24.3 Å². The maximum atomic E-state index is 11.5. The predicted molar refractivity (Wildman–Crippen MR) is 67.5 cm³/mol. The predicted octanol–water partition coefficient (Wildman–Crippen LogP) is 2.12. The van der Waals surface area contributed by atoms with Crippen molar-refractivity contribution in [2.75, 3.05) is 6.61 Å². The summed E-state index contributed by atoms with van der Waals surface area (Å²) >= 11 is 0. The molecule has 92 valence electrons. The largest absolute Gasteiger partial charge is 0.482 e. The molecule has 0 unspecified atom stereocenters. The zero-order valence-corrected chi connectivity index (χ0v) is 9.71. The van der Waals surface area contributed by atoms with Gasteiger partial charge in [0.15, 0.2) is 6.61 Å². The number of hydrogen-bond acceptors (Lipinski definition) is 4. The van der Waals surface area contributed by atoms with Crippen LogP contribution < -0.4 is 10.1 Å². The van der Waals surface area contributed by atoms with Crippen LogP contribution in [0.4, 0.5) is 0 Å². The van der Waals surface area contributed by atoms with E-state index in [-0.39, 0.29) is 6.61 Å². The molecule has 0 aliphatic carbocycles. The molecular weight excluding hydrogens is 230 g/mol. The standard InChI is InChI=1S/C14H13NO3/c16-14(11-17-12-7-3-1-4-8-12)18-13-9-5-2-6-10-15-13/h1-10,15H,11H2. The Bertz CT molecular complexity index is 489. The van der Waals surface area contributed by atoms with Gasteiger partial charge in [-0.15, -0.1) is 0 Å². The lowest BCUT2D eigenvalue weighted by Gasteiger charge is -2.08. The van der Waals surface area contributed by atoms with Crippen LogP contribution >= 0.6 is 0 Å². The molecule has 4 nitrogen and oxygen atoms in total. The molecule has 2 rings (SSSR count). The van der Waals surface area contributed by atoms with Crippen molar-refractivity contribution in [2.24, 2.45) is 0 Å². The Morgan fingerprint density at radius 3 is 2.78 bits per heavy atom. The Balaban J connectivity index is 1.80. The van der Waals surface area contributed by atoms with E-state index in [0.717, 1.165) is 0 Å². The van der Waals surface area contributed by atoms with Crippen LogP contribution in [-0.2, 0) is 9.53 Å². The lowest BCUT2D eigenvalue weighted by molar-refractivity contribution is -0.142. The first-order chi connectivity index (χ1) is 8.84. The van der Waals surface area contributed by atoms with E-state index in [2.05, 4.69) is 5.32 Å². The van der Waals surface area contributed by atoms with E-state index in [4.69, 9.17) is 9.47 Å². The average molecular weight is 243 g/mol. The highest BCUT2D eigenvalue weighted by Crippen LogP contribution is 2.08. The molecular formula is C14H13NO3. The van der Waals surface area contributed by atoms with Gasteiger partial charge in [-0.05, 0) is 24.3 Å². The smallest absolute Gasteiger partial charge is 0.350 e. The average Bonchev–Trinajstić information content (AvgIpc) is 2.66. The van der Waals surface area contributed by atoms with E-state index in [1.54, 1.807) is 36.6 Å². The van der Waals surface area contributed by atoms with Crippen molar-refractivity contribution in [3.63, 3.8) is 0 Å². The zero-order chi connectivity index (χ0) is 12.6. The number of ether oxygens (including phenoxy) is 2. The van der Waals surface area contributed by atoms with Crippen LogP contribution in [0.5, 0.6) is 5.75 Å². The van der Waals surface area contributed by atoms with Crippen molar-refractivity contribution in [3.05, 3.63) is 66.7 Å². The van der Waals surface area contributed by atoms with Crippen molar-refractivity contribution in [1.82, 2.24) is 5.32 Å². The molecule has 4 heteroatoms. The molecule has 1 aliphatic heterocycles. The fourth-order valence-corrected chi connectivity index (χ4v) is 1.32. The molecule has 18 heavy (non-hydrogen) atoms. The van der Waals surface area contributed by atoms with Crippen LogP contribution in [0.2, 0.25) is 0 Å². The van der Waals surface area contributed by atoms with Gasteiger partial charge < -0.3 is 14.8 Å². The zero-order valence-electron chi connectivity index (χ0n) is 9.71. The highest BCUT2D eigenvalue weighted by Gasteiger charge is 2.07. The third-order valence-electron chi connectivity index (χ3n) is 2.12. The van der Waals surface area contributed by atoms with E-state index < -0.39 is 5.97 Å². The van der Waals surface area contributed by atoms with Crippen molar-refractivity contribution < 1.29 is 14.3 Å². The molecule has 1 N–H and O–H groups in total. The van der Waals surface area contributed by atoms with Crippen LogP contribution in [0.1, 0.15) is 0 Å². The van der Waals surface area contributed by atoms with Gasteiger partial charge >= 0.3 is 5.97 Å². The lowest BCUT2D eigenvalue weighted by atomic mass is 10.3. The van der Waals surface area contributed by atoms with Crippen LogP contribution in [0.15, 0.2) is 66.7 Å². The number of rotatable bonds is 4. The van der Waals surface area contributed by atoms with Gasteiger partial charge in [-0.1, -0.05) is 30.4 Å². The SMILES string of the molecule is O=C(COc1ccccc1)OC1=CC=CC=CN1. The van der Waals surface area contributed by atoms with E-state index in [0.29, 0.717) is 11.6 Å². The van der Waals surface area contributed by atoms with Gasteiger partial charge in [0, 0.05) is 6.20 Å². The summed E-state index contributed by atoms with van der Waals surface area (Å²) in [7, 11) is 0. The topological polar surface area (TPSA) is 47.6 Å². The number of benzene rings is 1. The number of hydrogen-bond donors (Lipinski definition) is 1. The minimum absolute atomic E-state index is 0.129. The molecule has 0 bridgehead atoms. The summed E-state index contributed by atoms with van der Waals surface area (Å²) in [5.41, 5.74) is 0. The molecule has 0 saturated heterocycles. The summed E-state index contributed by atoms with van der Waals surface area (Å²) < 4.78 is 10.4. The minimum Gasteiger partial charge on any atom is -0.482 e. The second kappa shape index (κ2) is 6.30. The second-order valence-corrected chi connectivity index (χ2v) is 3.50. The molecule has 0 fully saturated rings. The summed E-state index contributed by atoms with van der Waals surface area (Å²) in [6.45, 7) is -0.129. The Labute approximate surface area is 105 Å². The Kier molecular flexibility index (Phi) is 4.19. The normalized spacial score (nSPS) is 13.2. The van der Waals surface area contributed by atoms with E-state index in [1.165, 1.54) is 0 Å². The maximum Gasteiger partial charge on any atom is 0.350 e. The fourth-order valence-electron chi connectivity index (χ4n) is 1.32. The summed E-state index contributed by atoms with van der Waals surface area (Å²) in [5.74, 6) is 0.556. The third-order valence-corrected chi connectivity index (χ3v) is 2.12. The first kappa shape index (κ1) is 12.0. The van der Waals surface area contributed by atoms with Gasteiger partial charge in [0.25, 0.3) is 0 Å². The van der Waals surface area contributed by atoms with Gasteiger partial charge in [0.2, 0.25) is 5.88 Å². The van der Waals surface area contributed by atoms with Gasteiger partial charge in [-0.3, -0.25) is 0 Å². The number of allylic oxidation sites excluding steroid dienone is 4. The quantitative estimate of drug-likeness (QED) is 0.823. The Hall–Kier alpha value is -2.49. The maximum absolute atomic E-state index is 11.5. The summed E-state index contributed by atoms with van der Waals surface area (Å²) in [6, 6.07) is 9.12. The van der Waals surface area contributed by atoms with Gasteiger partial charge in [-0.25, -0.2) is 4.79 Å². The van der Waals surface area contributed by atoms with Crippen LogP contribution in [0.3, 0.4) is 0 Å². The molecule has 1 heterocycles. The molecule has 1 aromatic carbocycles. The molecule has 0 radical (unpaired) electrons. The van der Waals surface area contributed by atoms with Crippen LogP contribution in [-0.4, -0.2) is 12.6 Å². The van der Waals surface area contributed by atoms with Crippen molar-refractivity contribution >= 4 is 5.97 Å². The number of nitrogens with one attached hydrogen (secondary N) is 1. The van der Waals surface area contributed by atoms with Crippen molar-refractivity contribution in [1.29, 1.82) is 0 Å². The number of esters is 1. The van der Waals surface area contributed by atoms with Crippen molar-refractivity contribution in [2.45, 2.75) is 0 Å². The minimum atomic E-state index is -0.457. The van der Waals surface area contributed by atoms with E-state index >= 15 is 0 Å². The van der Waals surface area contributed by atoms with Gasteiger partial charge in [0.1, 0.15) is 5.75 Å². The molecule has 0 atom stereocenters. The first-order valence-corrected chi connectivity index (χ1v) is 5.53. The first-order valence-electron chi connectivity index (χ1n) is 5.53. The summed E-state index contributed by atoms with van der Waals surface area (Å²) in [5, 5.41) is 2.83. The number of carbonyl (C=O) groups is 1. The number of para-hydroxylation sites is 1.